The Balaban J connectivity index is 1.75. The molecular weight excluding hydrogens is 240 g/mol. The molecule has 1 aliphatic carbocycles. The number of anilines is 1. The van der Waals surface area contributed by atoms with Crippen molar-refractivity contribution in [2.24, 2.45) is 24.6 Å². The summed E-state index contributed by atoms with van der Waals surface area (Å²) < 4.78 is 1.76. The SMILES string of the molecule is Cn1ncc2c(NCC3CCCC3CN)ncnc21. The van der Waals surface area contributed by atoms with E-state index in [-0.39, 0.29) is 0 Å². The second kappa shape index (κ2) is 5.13. The Labute approximate surface area is 112 Å². The Morgan fingerprint density at radius 3 is 3.05 bits per heavy atom. The summed E-state index contributed by atoms with van der Waals surface area (Å²) in [7, 11) is 1.89. The lowest BCUT2D eigenvalue weighted by molar-refractivity contribution is 0.414. The van der Waals surface area contributed by atoms with E-state index in [1.54, 1.807) is 11.0 Å². The minimum atomic E-state index is 0.652. The molecule has 2 heterocycles. The third kappa shape index (κ3) is 2.28. The van der Waals surface area contributed by atoms with Crippen LogP contribution in [-0.4, -0.2) is 32.8 Å². The molecule has 0 spiro atoms. The quantitative estimate of drug-likeness (QED) is 0.861. The number of hydrogen-bond donors (Lipinski definition) is 2. The third-order valence-electron chi connectivity index (χ3n) is 4.18. The van der Waals surface area contributed by atoms with Crippen molar-refractivity contribution in [1.82, 2.24) is 19.7 Å². The maximum Gasteiger partial charge on any atom is 0.163 e. The zero-order chi connectivity index (χ0) is 13.2. The molecule has 0 amide bonds. The van der Waals surface area contributed by atoms with Crippen LogP contribution < -0.4 is 11.1 Å². The molecule has 0 saturated heterocycles. The molecule has 3 rings (SSSR count). The zero-order valence-corrected chi connectivity index (χ0v) is 11.2. The van der Waals surface area contributed by atoms with E-state index in [0.717, 1.165) is 29.9 Å². The van der Waals surface area contributed by atoms with Crippen molar-refractivity contribution in [3.63, 3.8) is 0 Å². The highest BCUT2D eigenvalue weighted by molar-refractivity contribution is 5.85. The molecule has 19 heavy (non-hydrogen) atoms. The van der Waals surface area contributed by atoms with Gasteiger partial charge in [-0.3, -0.25) is 4.68 Å². The van der Waals surface area contributed by atoms with Crippen LogP contribution in [0.5, 0.6) is 0 Å². The van der Waals surface area contributed by atoms with Gasteiger partial charge in [-0.25, -0.2) is 9.97 Å². The number of nitrogens with one attached hydrogen (secondary N) is 1. The monoisotopic (exact) mass is 260 g/mol. The lowest BCUT2D eigenvalue weighted by Gasteiger charge is -2.18. The van der Waals surface area contributed by atoms with Crippen molar-refractivity contribution in [3.05, 3.63) is 12.5 Å². The molecule has 2 aromatic heterocycles. The average molecular weight is 260 g/mol. The van der Waals surface area contributed by atoms with Crippen molar-refractivity contribution in [3.8, 4) is 0 Å². The van der Waals surface area contributed by atoms with Gasteiger partial charge in [0.2, 0.25) is 0 Å². The van der Waals surface area contributed by atoms with E-state index < -0.39 is 0 Å². The average Bonchev–Trinajstić information content (AvgIpc) is 3.03. The summed E-state index contributed by atoms with van der Waals surface area (Å²) in [6.45, 7) is 1.72. The van der Waals surface area contributed by atoms with Gasteiger partial charge in [-0.1, -0.05) is 6.42 Å². The molecule has 3 N–H and O–H groups in total. The van der Waals surface area contributed by atoms with Gasteiger partial charge in [0.25, 0.3) is 0 Å². The molecule has 1 saturated carbocycles. The van der Waals surface area contributed by atoms with Crippen LogP contribution in [0.2, 0.25) is 0 Å². The number of aryl methyl sites for hydroxylation is 1. The minimum absolute atomic E-state index is 0.652. The fraction of sp³-hybridized carbons (Fsp3) is 0.615. The van der Waals surface area contributed by atoms with Gasteiger partial charge in [0.05, 0.1) is 11.6 Å². The zero-order valence-electron chi connectivity index (χ0n) is 11.2. The van der Waals surface area contributed by atoms with Gasteiger partial charge in [-0.2, -0.15) is 5.10 Å². The van der Waals surface area contributed by atoms with Crippen LogP contribution in [0.3, 0.4) is 0 Å². The van der Waals surface area contributed by atoms with Crippen molar-refractivity contribution < 1.29 is 0 Å². The molecule has 2 aromatic rings. The van der Waals surface area contributed by atoms with E-state index in [4.69, 9.17) is 5.73 Å². The normalized spacial score (nSPS) is 23.1. The van der Waals surface area contributed by atoms with Crippen LogP contribution in [0.15, 0.2) is 12.5 Å². The summed E-state index contributed by atoms with van der Waals surface area (Å²) >= 11 is 0. The van der Waals surface area contributed by atoms with Crippen molar-refractivity contribution in [2.75, 3.05) is 18.4 Å². The molecule has 2 unspecified atom stereocenters. The first-order chi connectivity index (χ1) is 9.29. The Kier molecular flexibility index (Phi) is 3.33. The number of nitrogens with two attached hydrogens (primary N) is 1. The number of rotatable bonds is 4. The lowest BCUT2D eigenvalue weighted by Crippen LogP contribution is -2.24. The van der Waals surface area contributed by atoms with Crippen LogP contribution in [0, 0.1) is 11.8 Å². The molecule has 6 nitrogen and oxygen atoms in total. The first kappa shape index (κ1) is 12.3. The number of aromatic nitrogens is 4. The van der Waals surface area contributed by atoms with Gasteiger partial charge in [0.15, 0.2) is 5.65 Å². The first-order valence-electron chi connectivity index (χ1n) is 6.86. The van der Waals surface area contributed by atoms with Gasteiger partial charge in [0, 0.05) is 13.6 Å². The molecule has 1 aliphatic rings. The summed E-state index contributed by atoms with van der Waals surface area (Å²) in [6, 6.07) is 0. The molecule has 2 atom stereocenters. The standard InChI is InChI=1S/C13H20N6/c1-19-13-11(7-18-19)12(16-8-17-13)15-6-10-4-2-3-9(10)5-14/h7-10H,2-6,14H2,1H3,(H,15,16,17). The van der Waals surface area contributed by atoms with Gasteiger partial charge in [-0.05, 0) is 31.2 Å². The molecule has 6 heteroatoms. The molecule has 0 aliphatic heterocycles. The topological polar surface area (TPSA) is 81.7 Å². The minimum Gasteiger partial charge on any atom is -0.369 e. The van der Waals surface area contributed by atoms with E-state index in [0.29, 0.717) is 11.8 Å². The predicted octanol–water partition coefficient (Wildman–Crippen LogP) is 1.15. The summed E-state index contributed by atoms with van der Waals surface area (Å²) in [5, 5.41) is 8.65. The summed E-state index contributed by atoms with van der Waals surface area (Å²) in [5.41, 5.74) is 6.68. The summed E-state index contributed by atoms with van der Waals surface area (Å²) in [6.07, 6.45) is 7.21. The Morgan fingerprint density at radius 2 is 2.21 bits per heavy atom. The second-order valence-electron chi connectivity index (χ2n) is 5.30. The Bertz CT molecular complexity index is 563. The summed E-state index contributed by atoms with van der Waals surface area (Å²) in [5.74, 6) is 2.19. The molecular formula is C13H20N6. The van der Waals surface area contributed by atoms with Crippen LogP contribution in [0.4, 0.5) is 5.82 Å². The molecule has 0 radical (unpaired) electrons. The van der Waals surface area contributed by atoms with E-state index in [9.17, 15) is 0 Å². The Hall–Kier alpha value is -1.69. The van der Waals surface area contributed by atoms with Crippen LogP contribution in [0.1, 0.15) is 19.3 Å². The number of hydrogen-bond acceptors (Lipinski definition) is 5. The van der Waals surface area contributed by atoms with E-state index in [2.05, 4.69) is 20.4 Å². The molecule has 1 fully saturated rings. The molecule has 102 valence electrons. The van der Waals surface area contributed by atoms with Gasteiger partial charge in [-0.15, -0.1) is 0 Å². The first-order valence-corrected chi connectivity index (χ1v) is 6.86. The number of fused-ring (bicyclic) bond motifs is 1. The van der Waals surface area contributed by atoms with Crippen LogP contribution >= 0.6 is 0 Å². The van der Waals surface area contributed by atoms with E-state index >= 15 is 0 Å². The van der Waals surface area contributed by atoms with Crippen LogP contribution in [0.25, 0.3) is 11.0 Å². The van der Waals surface area contributed by atoms with Crippen molar-refractivity contribution in [1.29, 1.82) is 0 Å². The third-order valence-corrected chi connectivity index (χ3v) is 4.18. The smallest absolute Gasteiger partial charge is 0.163 e. The van der Waals surface area contributed by atoms with E-state index in [1.165, 1.54) is 19.3 Å². The van der Waals surface area contributed by atoms with Crippen molar-refractivity contribution in [2.45, 2.75) is 19.3 Å². The van der Waals surface area contributed by atoms with Gasteiger partial charge in [0.1, 0.15) is 12.1 Å². The van der Waals surface area contributed by atoms with Crippen molar-refractivity contribution >= 4 is 16.9 Å². The predicted molar refractivity (Wildman–Crippen MR) is 74.7 cm³/mol. The van der Waals surface area contributed by atoms with Crippen LogP contribution in [-0.2, 0) is 7.05 Å². The largest absolute Gasteiger partial charge is 0.369 e. The van der Waals surface area contributed by atoms with Gasteiger partial charge >= 0.3 is 0 Å². The Morgan fingerprint density at radius 1 is 1.37 bits per heavy atom. The summed E-state index contributed by atoms with van der Waals surface area (Å²) in [4.78, 5) is 8.57. The second-order valence-corrected chi connectivity index (χ2v) is 5.30. The molecule has 0 bridgehead atoms. The highest BCUT2D eigenvalue weighted by Crippen LogP contribution is 2.31. The maximum atomic E-state index is 5.82. The highest BCUT2D eigenvalue weighted by atomic mass is 15.3. The van der Waals surface area contributed by atoms with Gasteiger partial charge < -0.3 is 11.1 Å². The lowest BCUT2D eigenvalue weighted by atomic mass is 9.96. The fourth-order valence-corrected chi connectivity index (χ4v) is 3.02. The van der Waals surface area contributed by atoms with E-state index in [1.807, 2.05) is 13.2 Å². The number of nitrogens with zero attached hydrogens (tertiary/aromatic N) is 4. The highest BCUT2D eigenvalue weighted by Gasteiger charge is 2.25. The molecule has 0 aromatic carbocycles. The maximum absolute atomic E-state index is 5.82. The fourth-order valence-electron chi connectivity index (χ4n) is 3.02.